The number of nitrogens with zero attached hydrogens (tertiary/aromatic N) is 4. The number of fused-ring (bicyclic) bond motifs is 2. The number of anilines is 1. The van der Waals surface area contributed by atoms with E-state index in [4.69, 9.17) is 11.0 Å². The third-order valence-corrected chi connectivity index (χ3v) is 5.51. The molecule has 134 valence electrons. The average molecular weight is 385 g/mol. The summed E-state index contributed by atoms with van der Waals surface area (Å²) in [6, 6.07) is 9.68. The van der Waals surface area contributed by atoms with Crippen LogP contribution in [0.4, 0.5) is 5.69 Å². The number of aromatic amines is 2. The first-order valence-electron chi connectivity index (χ1n) is 8.26. The molecule has 0 aliphatic heterocycles. The molecule has 3 heterocycles. The maximum absolute atomic E-state index is 12.6. The van der Waals surface area contributed by atoms with E-state index in [1.807, 2.05) is 24.3 Å². The monoisotopic (exact) mass is 385 g/mol. The normalized spacial score (nSPS) is 11.1. The highest BCUT2D eigenvalue weighted by molar-refractivity contribution is 7.15. The van der Waals surface area contributed by atoms with Crippen LogP contribution in [0.5, 0.6) is 0 Å². The fourth-order valence-electron chi connectivity index (χ4n) is 3.32. The zero-order valence-electron chi connectivity index (χ0n) is 14.2. The lowest BCUT2D eigenvalue weighted by Gasteiger charge is -2.12. The van der Waals surface area contributed by atoms with Crippen LogP contribution in [0.1, 0.15) is 4.88 Å². The van der Waals surface area contributed by atoms with Crippen LogP contribution in [0, 0.1) is 11.3 Å². The van der Waals surface area contributed by atoms with Gasteiger partial charge in [-0.15, -0.1) is 11.3 Å². The largest absolute Gasteiger partial charge is 0.398 e. The van der Waals surface area contributed by atoms with E-state index < -0.39 is 0 Å². The molecule has 0 saturated carbocycles. The minimum absolute atomic E-state index is 0.296. The molecular weight excluding hydrogens is 374 g/mol. The van der Waals surface area contributed by atoms with E-state index in [9.17, 15) is 4.79 Å². The molecule has 4 N–H and O–H groups in total. The van der Waals surface area contributed by atoms with Crippen LogP contribution in [0.2, 0.25) is 0 Å². The van der Waals surface area contributed by atoms with Crippen LogP contribution in [0.25, 0.3) is 43.5 Å². The van der Waals surface area contributed by atoms with E-state index in [1.165, 1.54) is 23.9 Å². The lowest BCUT2D eigenvalue weighted by molar-refractivity contribution is 1.12. The third kappa shape index (κ3) is 2.29. The third-order valence-electron chi connectivity index (χ3n) is 4.58. The minimum atomic E-state index is -0.331. The fourth-order valence-corrected chi connectivity index (χ4v) is 4.05. The number of nitrogens with two attached hydrogens (primary N) is 1. The van der Waals surface area contributed by atoms with Crippen molar-refractivity contribution < 1.29 is 0 Å². The minimum Gasteiger partial charge on any atom is -0.398 e. The van der Waals surface area contributed by atoms with E-state index in [0.29, 0.717) is 37.6 Å². The molecule has 0 bridgehead atoms. The standard InChI is InChI=1S/C19H11N7OS/c20-5-9-6-22-19(28-9)12-4-11(10-2-1-3-14-13(10)7-25-26-14)16(21)15-17(12)23-8-24-18(15)27/h1-4,6-8H,21H2,(H,25,26)(H,23,24,27). The van der Waals surface area contributed by atoms with Gasteiger partial charge in [0.05, 0.1) is 40.8 Å². The Bertz CT molecular complexity index is 1470. The van der Waals surface area contributed by atoms with Gasteiger partial charge in [-0.25, -0.2) is 9.97 Å². The lowest BCUT2D eigenvalue weighted by atomic mass is 9.95. The van der Waals surface area contributed by atoms with Crippen molar-refractivity contribution in [2.45, 2.75) is 0 Å². The number of nitrogens with one attached hydrogen (secondary N) is 2. The predicted molar refractivity (Wildman–Crippen MR) is 108 cm³/mol. The molecule has 5 rings (SSSR count). The van der Waals surface area contributed by atoms with Gasteiger partial charge in [0.2, 0.25) is 0 Å². The molecule has 3 aromatic heterocycles. The Balaban J connectivity index is 1.92. The quantitative estimate of drug-likeness (QED) is 0.399. The molecule has 0 aliphatic carbocycles. The summed E-state index contributed by atoms with van der Waals surface area (Å²) < 4.78 is 0. The molecule has 5 aromatic rings. The van der Waals surface area contributed by atoms with E-state index in [0.717, 1.165) is 16.5 Å². The van der Waals surface area contributed by atoms with Crippen molar-refractivity contribution in [2.24, 2.45) is 0 Å². The first kappa shape index (κ1) is 16.2. The maximum Gasteiger partial charge on any atom is 0.260 e. The van der Waals surface area contributed by atoms with Gasteiger partial charge in [-0.05, 0) is 17.7 Å². The number of nitriles is 1. The van der Waals surface area contributed by atoms with Crippen molar-refractivity contribution in [3.8, 4) is 27.8 Å². The second-order valence-corrected chi connectivity index (χ2v) is 7.15. The van der Waals surface area contributed by atoms with Gasteiger partial charge in [0, 0.05) is 16.5 Å². The van der Waals surface area contributed by atoms with Crippen LogP contribution in [-0.2, 0) is 0 Å². The lowest BCUT2D eigenvalue weighted by Crippen LogP contribution is -2.10. The summed E-state index contributed by atoms with van der Waals surface area (Å²) in [5, 5.41) is 18.0. The number of nitrogen functional groups attached to an aromatic ring is 1. The zero-order valence-corrected chi connectivity index (χ0v) is 15.0. The van der Waals surface area contributed by atoms with Crippen LogP contribution < -0.4 is 11.3 Å². The van der Waals surface area contributed by atoms with Crippen LogP contribution in [0.15, 0.2) is 47.8 Å². The maximum atomic E-state index is 12.6. The molecule has 0 saturated heterocycles. The number of H-pyrrole nitrogens is 2. The second-order valence-electron chi connectivity index (χ2n) is 6.12. The van der Waals surface area contributed by atoms with Gasteiger partial charge in [0.15, 0.2) is 0 Å². The Morgan fingerprint density at radius 1 is 1.14 bits per heavy atom. The van der Waals surface area contributed by atoms with Gasteiger partial charge in [-0.1, -0.05) is 12.1 Å². The summed E-state index contributed by atoms with van der Waals surface area (Å²) in [5.74, 6) is 0. The first-order valence-corrected chi connectivity index (χ1v) is 9.07. The van der Waals surface area contributed by atoms with Gasteiger partial charge >= 0.3 is 0 Å². The van der Waals surface area contributed by atoms with E-state index in [1.54, 1.807) is 6.20 Å². The SMILES string of the molecule is N#Cc1cnc(-c2cc(-c3cccc4[nH]ncc34)c(N)c3c(=O)[nH]cnc23)s1. The molecule has 0 atom stereocenters. The average Bonchev–Trinajstić information content (AvgIpc) is 3.37. The summed E-state index contributed by atoms with van der Waals surface area (Å²) in [6.07, 6.45) is 4.56. The van der Waals surface area contributed by atoms with E-state index in [2.05, 4.69) is 31.2 Å². The van der Waals surface area contributed by atoms with E-state index >= 15 is 0 Å². The Morgan fingerprint density at radius 2 is 2.04 bits per heavy atom. The van der Waals surface area contributed by atoms with Gasteiger partial charge in [-0.3, -0.25) is 9.89 Å². The van der Waals surface area contributed by atoms with Gasteiger partial charge < -0.3 is 10.7 Å². The Morgan fingerprint density at radius 3 is 2.86 bits per heavy atom. The Hall–Kier alpha value is -4.03. The van der Waals surface area contributed by atoms with Crippen molar-refractivity contribution in [1.29, 1.82) is 5.26 Å². The highest BCUT2D eigenvalue weighted by Gasteiger charge is 2.19. The molecule has 0 amide bonds. The number of benzene rings is 2. The number of rotatable bonds is 2. The summed E-state index contributed by atoms with van der Waals surface area (Å²) in [4.78, 5) is 24.3. The molecular formula is C19H11N7OS. The Kier molecular flexibility index (Phi) is 3.47. The molecule has 0 radical (unpaired) electrons. The van der Waals surface area contributed by atoms with E-state index in [-0.39, 0.29) is 5.56 Å². The number of thiazole rings is 1. The number of hydrogen-bond donors (Lipinski definition) is 3. The molecule has 0 unspecified atom stereocenters. The summed E-state index contributed by atoms with van der Waals surface area (Å²) in [5.41, 5.74) is 9.91. The topological polar surface area (TPSA) is 137 Å². The molecule has 8 nitrogen and oxygen atoms in total. The summed E-state index contributed by atoms with van der Waals surface area (Å²) in [6.45, 7) is 0. The van der Waals surface area contributed by atoms with Crippen molar-refractivity contribution >= 4 is 38.8 Å². The molecule has 0 aliphatic rings. The molecule has 28 heavy (non-hydrogen) atoms. The zero-order chi connectivity index (χ0) is 19.3. The highest BCUT2D eigenvalue weighted by Crippen LogP contribution is 2.40. The van der Waals surface area contributed by atoms with Gasteiger partial charge in [0.1, 0.15) is 16.0 Å². The second kappa shape index (κ2) is 6.00. The molecule has 0 spiro atoms. The summed E-state index contributed by atoms with van der Waals surface area (Å²) >= 11 is 1.24. The predicted octanol–water partition coefficient (Wildman–Crippen LogP) is 3.04. The fraction of sp³-hybridized carbons (Fsp3) is 0. The van der Waals surface area contributed by atoms with Gasteiger partial charge in [0.25, 0.3) is 5.56 Å². The van der Waals surface area contributed by atoms with Crippen molar-refractivity contribution in [3.05, 3.63) is 58.2 Å². The molecule has 2 aromatic carbocycles. The van der Waals surface area contributed by atoms with Crippen molar-refractivity contribution in [2.75, 3.05) is 5.73 Å². The van der Waals surface area contributed by atoms with Crippen LogP contribution >= 0.6 is 11.3 Å². The Labute approximate surface area is 161 Å². The van der Waals surface area contributed by atoms with Crippen LogP contribution in [-0.4, -0.2) is 25.1 Å². The summed E-state index contributed by atoms with van der Waals surface area (Å²) in [7, 11) is 0. The van der Waals surface area contributed by atoms with Crippen molar-refractivity contribution in [3.63, 3.8) is 0 Å². The first-order chi connectivity index (χ1) is 13.7. The van der Waals surface area contributed by atoms with Gasteiger partial charge in [-0.2, -0.15) is 10.4 Å². The smallest absolute Gasteiger partial charge is 0.260 e. The molecule has 0 fully saturated rings. The molecule has 9 heteroatoms. The number of hydrogen-bond acceptors (Lipinski definition) is 7. The van der Waals surface area contributed by atoms with Crippen molar-refractivity contribution in [1.82, 2.24) is 25.1 Å². The highest BCUT2D eigenvalue weighted by atomic mass is 32.1. The van der Waals surface area contributed by atoms with Crippen LogP contribution in [0.3, 0.4) is 0 Å². The number of aromatic nitrogens is 5.